The van der Waals surface area contributed by atoms with Gasteiger partial charge in [0.15, 0.2) is 0 Å². The van der Waals surface area contributed by atoms with Crippen LogP contribution in [-0.4, -0.2) is 25.3 Å². The van der Waals surface area contributed by atoms with E-state index < -0.39 is 0 Å². The molecule has 1 atom stereocenters. The van der Waals surface area contributed by atoms with Gasteiger partial charge in [-0.2, -0.15) is 0 Å². The minimum Gasteiger partial charge on any atom is -0.378 e. The summed E-state index contributed by atoms with van der Waals surface area (Å²) in [6.07, 6.45) is 9.63. The van der Waals surface area contributed by atoms with Crippen molar-refractivity contribution in [2.45, 2.75) is 84.8 Å². The van der Waals surface area contributed by atoms with E-state index in [-0.39, 0.29) is 0 Å². The monoisotopic (exact) mass is 267 g/mol. The lowest BCUT2D eigenvalue weighted by molar-refractivity contribution is 0.0820. The van der Waals surface area contributed by atoms with Gasteiger partial charge >= 0.3 is 0 Å². The molecule has 2 heteroatoms. The second kappa shape index (κ2) is 6.13. The van der Waals surface area contributed by atoms with E-state index >= 15 is 0 Å². The van der Waals surface area contributed by atoms with Crippen molar-refractivity contribution >= 4 is 0 Å². The Balaban J connectivity index is 1.67. The topological polar surface area (TPSA) is 21.3 Å². The van der Waals surface area contributed by atoms with E-state index in [1.165, 1.54) is 44.9 Å². The molecule has 2 fully saturated rings. The van der Waals surface area contributed by atoms with Crippen molar-refractivity contribution < 1.29 is 4.74 Å². The maximum absolute atomic E-state index is 5.68. The summed E-state index contributed by atoms with van der Waals surface area (Å²) in [5.74, 6) is 0. The normalized spacial score (nSPS) is 30.6. The Kier molecular flexibility index (Phi) is 4.94. The first-order valence-electron chi connectivity index (χ1n) is 8.21. The Bertz CT molecular complexity index is 263. The molecule has 2 aliphatic rings. The third-order valence-corrected chi connectivity index (χ3v) is 4.71. The molecule has 0 aromatic carbocycles. The van der Waals surface area contributed by atoms with Gasteiger partial charge in [0.1, 0.15) is 0 Å². The zero-order chi connectivity index (χ0) is 13.9. The quantitative estimate of drug-likeness (QED) is 0.756. The maximum atomic E-state index is 5.68. The summed E-state index contributed by atoms with van der Waals surface area (Å²) >= 11 is 0. The summed E-state index contributed by atoms with van der Waals surface area (Å²) in [6, 6.07) is 0.711. The van der Waals surface area contributed by atoms with Crippen LogP contribution in [0.25, 0.3) is 0 Å². The fourth-order valence-electron chi connectivity index (χ4n) is 4.50. The zero-order valence-electron chi connectivity index (χ0n) is 13.4. The zero-order valence-corrected chi connectivity index (χ0v) is 13.4. The van der Waals surface area contributed by atoms with Gasteiger partial charge in [-0.15, -0.1) is 0 Å². The van der Waals surface area contributed by atoms with Gasteiger partial charge in [0.2, 0.25) is 0 Å². The van der Waals surface area contributed by atoms with Crippen LogP contribution in [0.5, 0.6) is 0 Å². The van der Waals surface area contributed by atoms with Crippen LogP contribution in [0.3, 0.4) is 0 Å². The number of ether oxygens (including phenoxy) is 1. The van der Waals surface area contributed by atoms with Crippen LogP contribution in [0.15, 0.2) is 0 Å². The summed E-state index contributed by atoms with van der Waals surface area (Å²) in [5, 5.41) is 3.80. The second-order valence-corrected chi connectivity index (χ2v) is 8.34. The predicted octanol–water partition coefficient (Wildman–Crippen LogP) is 4.14. The van der Waals surface area contributed by atoms with E-state index in [0.717, 1.165) is 13.2 Å². The summed E-state index contributed by atoms with van der Waals surface area (Å²) < 4.78 is 5.68. The van der Waals surface area contributed by atoms with E-state index in [0.29, 0.717) is 23.0 Å². The van der Waals surface area contributed by atoms with Crippen molar-refractivity contribution in [3.05, 3.63) is 0 Å². The largest absolute Gasteiger partial charge is 0.378 e. The average Bonchev–Trinajstić information content (AvgIpc) is 2.72. The molecule has 1 N–H and O–H groups in total. The van der Waals surface area contributed by atoms with Gasteiger partial charge in [0, 0.05) is 12.6 Å². The third-order valence-electron chi connectivity index (χ3n) is 4.71. The summed E-state index contributed by atoms with van der Waals surface area (Å²) in [6.45, 7) is 11.9. The highest BCUT2D eigenvalue weighted by Gasteiger charge is 2.37. The van der Waals surface area contributed by atoms with Crippen LogP contribution in [0, 0.1) is 10.8 Å². The molecule has 19 heavy (non-hydrogen) atoms. The molecule has 1 saturated carbocycles. The number of hydrogen-bond acceptors (Lipinski definition) is 2. The molecule has 0 bridgehead atoms. The highest BCUT2D eigenvalue weighted by atomic mass is 16.5. The van der Waals surface area contributed by atoms with Crippen LogP contribution in [0.4, 0.5) is 0 Å². The van der Waals surface area contributed by atoms with E-state index in [1.54, 1.807) is 0 Å². The van der Waals surface area contributed by atoms with E-state index in [1.807, 2.05) is 0 Å². The highest BCUT2D eigenvalue weighted by molar-refractivity contribution is 4.92. The molecular weight excluding hydrogens is 234 g/mol. The molecule has 2 rings (SSSR count). The van der Waals surface area contributed by atoms with Crippen LogP contribution >= 0.6 is 0 Å². The van der Waals surface area contributed by atoms with Crippen molar-refractivity contribution in [2.24, 2.45) is 10.8 Å². The van der Waals surface area contributed by atoms with Crippen LogP contribution in [0.2, 0.25) is 0 Å². The van der Waals surface area contributed by atoms with Crippen molar-refractivity contribution in [1.82, 2.24) is 5.32 Å². The standard InChI is InChI=1S/C17H33NO/c1-16(2)11-14(12-17(3,4)13-16)18-9-5-7-15-8-6-10-19-15/h14-15,18H,5-13H2,1-4H3. The van der Waals surface area contributed by atoms with E-state index in [4.69, 9.17) is 4.74 Å². The van der Waals surface area contributed by atoms with Crippen LogP contribution in [0.1, 0.15) is 72.6 Å². The Morgan fingerprint density at radius 1 is 1.11 bits per heavy atom. The Hall–Kier alpha value is -0.0800. The van der Waals surface area contributed by atoms with E-state index in [9.17, 15) is 0 Å². The Morgan fingerprint density at radius 2 is 1.79 bits per heavy atom. The van der Waals surface area contributed by atoms with Gasteiger partial charge < -0.3 is 10.1 Å². The molecule has 1 unspecified atom stereocenters. The molecule has 2 nitrogen and oxygen atoms in total. The number of nitrogens with one attached hydrogen (secondary N) is 1. The Morgan fingerprint density at radius 3 is 2.37 bits per heavy atom. The van der Waals surface area contributed by atoms with Gasteiger partial charge in [0.05, 0.1) is 6.10 Å². The summed E-state index contributed by atoms with van der Waals surface area (Å²) in [7, 11) is 0. The van der Waals surface area contributed by atoms with Crippen molar-refractivity contribution in [2.75, 3.05) is 13.2 Å². The molecule has 0 aromatic heterocycles. The average molecular weight is 267 g/mol. The first-order valence-corrected chi connectivity index (χ1v) is 8.21. The molecule has 1 saturated heterocycles. The maximum Gasteiger partial charge on any atom is 0.0576 e. The van der Waals surface area contributed by atoms with Gasteiger partial charge in [-0.05, 0) is 62.3 Å². The molecule has 0 spiro atoms. The molecule has 1 aliphatic heterocycles. The van der Waals surface area contributed by atoms with Crippen molar-refractivity contribution in [3.63, 3.8) is 0 Å². The van der Waals surface area contributed by atoms with Gasteiger partial charge in [-0.3, -0.25) is 0 Å². The molecule has 0 amide bonds. The van der Waals surface area contributed by atoms with Crippen molar-refractivity contribution in [1.29, 1.82) is 0 Å². The minimum absolute atomic E-state index is 0.494. The summed E-state index contributed by atoms with van der Waals surface area (Å²) in [5.41, 5.74) is 0.988. The Labute approximate surface area is 119 Å². The number of hydrogen-bond donors (Lipinski definition) is 1. The second-order valence-electron chi connectivity index (χ2n) is 8.34. The van der Waals surface area contributed by atoms with Gasteiger partial charge in [0.25, 0.3) is 0 Å². The fraction of sp³-hybridized carbons (Fsp3) is 1.00. The first kappa shape index (κ1) is 15.3. The molecule has 1 aliphatic carbocycles. The predicted molar refractivity (Wildman–Crippen MR) is 81.4 cm³/mol. The molecule has 0 aromatic rings. The van der Waals surface area contributed by atoms with Crippen LogP contribution in [-0.2, 0) is 4.74 Å². The molecule has 1 heterocycles. The van der Waals surface area contributed by atoms with Crippen molar-refractivity contribution in [3.8, 4) is 0 Å². The molecule has 112 valence electrons. The molecule has 0 radical (unpaired) electrons. The van der Waals surface area contributed by atoms with Gasteiger partial charge in [-0.1, -0.05) is 27.7 Å². The van der Waals surface area contributed by atoms with E-state index in [2.05, 4.69) is 33.0 Å². The summed E-state index contributed by atoms with van der Waals surface area (Å²) in [4.78, 5) is 0. The SMILES string of the molecule is CC1(C)CC(NCCCC2CCCO2)CC(C)(C)C1. The fourth-order valence-corrected chi connectivity index (χ4v) is 4.50. The lowest BCUT2D eigenvalue weighted by atomic mass is 9.63. The smallest absolute Gasteiger partial charge is 0.0576 e. The lowest BCUT2D eigenvalue weighted by Crippen LogP contribution is -2.44. The lowest BCUT2D eigenvalue weighted by Gasteiger charge is -2.45. The number of rotatable bonds is 5. The van der Waals surface area contributed by atoms with Crippen LogP contribution < -0.4 is 5.32 Å². The highest BCUT2D eigenvalue weighted by Crippen LogP contribution is 2.45. The third kappa shape index (κ3) is 5.07. The first-order chi connectivity index (χ1) is 8.86. The van der Waals surface area contributed by atoms with Gasteiger partial charge in [-0.25, -0.2) is 0 Å². The molecular formula is C17H33NO. The minimum atomic E-state index is 0.494.